The highest BCUT2D eigenvalue weighted by atomic mass is 35.5. The molecule has 1 fully saturated rings. The van der Waals surface area contributed by atoms with Crippen molar-refractivity contribution in [1.82, 2.24) is 4.90 Å². The van der Waals surface area contributed by atoms with Gasteiger partial charge in [0, 0.05) is 36.3 Å². The van der Waals surface area contributed by atoms with E-state index in [0.29, 0.717) is 33.4 Å². The average molecular weight is 567 g/mol. The standard InChI is InChI=1S/C35H32ClFN2O2/c1-39(2)35(40)26-11-16-30(25-9-12-28(36)13-10-25)27(19-26)22-41-29-14-17-32(34(37)20-29)31-15-8-23(21-38)18-33(31)24-6-4-3-5-7-24/h8-20,24H,3-7,22H2,1-2H3. The normalized spacial score (nSPS) is 13.4. The third kappa shape index (κ3) is 6.45. The van der Waals surface area contributed by atoms with Crippen molar-refractivity contribution in [3.05, 3.63) is 112 Å². The quantitative estimate of drug-likeness (QED) is 0.224. The Morgan fingerprint density at radius 2 is 1.63 bits per heavy atom. The second-order valence-corrected chi connectivity index (χ2v) is 11.2. The van der Waals surface area contributed by atoms with E-state index in [1.165, 1.54) is 17.4 Å². The third-order valence-electron chi connectivity index (χ3n) is 7.76. The van der Waals surface area contributed by atoms with Gasteiger partial charge in [0.05, 0.1) is 11.6 Å². The Morgan fingerprint density at radius 3 is 2.32 bits per heavy atom. The van der Waals surface area contributed by atoms with Crippen molar-refractivity contribution < 1.29 is 13.9 Å². The molecule has 5 rings (SSSR count). The number of carbonyl (C=O) groups excluding carboxylic acids is 1. The van der Waals surface area contributed by atoms with Crippen LogP contribution in [0, 0.1) is 17.1 Å². The number of carbonyl (C=O) groups is 1. The molecule has 0 bridgehead atoms. The minimum absolute atomic E-state index is 0.111. The molecule has 1 aliphatic carbocycles. The molecule has 0 saturated heterocycles. The first kappa shape index (κ1) is 28.4. The number of hydrogen-bond acceptors (Lipinski definition) is 3. The van der Waals surface area contributed by atoms with Gasteiger partial charge in [0.1, 0.15) is 18.2 Å². The molecule has 0 aliphatic heterocycles. The molecule has 0 heterocycles. The molecule has 1 amide bonds. The molecule has 1 aliphatic rings. The van der Waals surface area contributed by atoms with E-state index in [9.17, 15) is 10.1 Å². The molecule has 4 aromatic rings. The SMILES string of the molecule is CN(C)C(=O)c1ccc(-c2ccc(Cl)cc2)c(COc2ccc(-c3ccc(C#N)cc3C3CCCCC3)c(F)c2)c1. The Hall–Kier alpha value is -4.14. The van der Waals surface area contributed by atoms with Gasteiger partial charge >= 0.3 is 0 Å². The summed E-state index contributed by atoms with van der Waals surface area (Å²) in [5.41, 5.74) is 6.17. The molecule has 0 radical (unpaired) electrons. The van der Waals surface area contributed by atoms with Crippen LogP contribution in [-0.4, -0.2) is 24.9 Å². The van der Waals surface area contributed by atoms with Gasteiger partial charge in [-0.2, -0.15) is 5.26 Å². The lowest BCUT2D eigenvalue weighted by atomic mass is 9.80. The topological polar surface area (TPSA) is 53.3 Å². The summed E-state index contributed by atoms with van der Waals surface area (Å²) < 4.78 is 21.7. The van der Waals surface area contributed by atoms with Gasteiger partial charge in [-0.15, -0.1) is 0 Å². The number of hydrogen-bond donors (Lipinski definition) is 0. The van der Waals surface area contributed by atoms with Crippen LogP contribution >= 0.6 is 11.6 Å². The van der Waals surface area contributed by atoms with Gasteiger partial charge in [0.2, 0.25) is 0 Å². The van der Waals surface area contributed by atoms with E-state index in [2.05, 4.69) is 6.07 Å². The van der Waals surface area contributed by atoms with Crippen LogP contribution in [0.15, 0.2) is 78.9 Å². The number of benzene rings is 4. The smallest absolute Gasteiger partial charge is 0.253 e. The number of ether oxygens (including phenoxy) is 1. The van der Waals surface area contributed by atoms with Gasteiger partial charge in [0.15, 0.2) is 0 Å². The molecule has 0 unspecified atom stereocenters. The summed E-state index contributed by atoms with van der Waals surface area (Å²) in [6.45, 7) is 0.148. The van der Waals surface area contributed by atoms with Crippen LogP contribution in [-0.2, 0) is 6.61 Å². The van der Waals surface area contributed by atoms with Crippen molar-refractivity contribution in [2.45, 2.75) is 44.6 Å². The Labute approximate surface area is 246 Å². The number of halogens is 2. The fraction of sp³-hybridized carbons (Fsp3) is 0.257. The Bertz CT molecular complexity index is 1600. The van der Waals surface area contributed by atoms with Gasteiger partial charge in [-0.05, 0) is 95.1 Å². The fourth-order valence-electron chi connectivity index (χ4n) is 5.61. The number of amides is 1. The molecule has 0 N–H and O–H groups in total. The lowest BCUT2D eigenvalue weighted by Gasteiger charge is -2.25. The van der Waals surface area contributed by atoms with E-state index in [-0.39, 0.29) is 18.3 Å². The van der Waals surface area contributed by atoms with Crippen LogP contribution in [0.3, 0.4) is 0 Å². The average Bonchev–Trinajstić information content (AvgIpc) is 3.00. The van der Waals surface area contributed by atoms with E-state index >= 15 is 4.39 Å². The van der Waals surface area contributed by atoms with Crippen LogP contribution in [0.4, 0.5) is 4.39 Å². The summed E-state index contributed by atoms with van der Waals surface area (Å²) in [7, 11) is 3.42. The highest BCUT2D eigenvalue weighted by Gasteiger charge is 2.21. The Morgan fingerprint density at radius 1 is 0.927 bits per heavy atom. The van der Waals surface area contributed by atoms with Gasteiger partial charge in [0.25, 0.3) is 5.91 Å². The van der Waals surface area contributed by atoms with Crippen LogP contribution in [0.2, 0.25) is 5.02 Å². The number of nitriles is 1. The first-order valence-corrected chi connectivity index (χ1v) is 14.3. The molecule has 4 nitrogen and oxygen atoms in total. The molecule has 41 heavy (non-hydrogen) atoms. The van der Waals surface area contributed by atoms with Gasteiger partial charge < -0.3 is 9.64 Å². The molecule has 6 heteroatoms. The highest BCUT2D eigenvalue weighted by Crippen LogP contribution is 2.40. The zero-order valence-electron chi connectivity index (χ0n) is 23.3. The predicted octanol–water partition coefficient (Wildman–Crippen LogP) is 9.01. The maximum Gasteiger partial charge on any atom is 0.253 e. The van der Waals surface area contributed by atoms with E-state index < -0.39 is 0 Å². The minimum atomic E-state index is -0.376. The van der Waals surface area contributed by atoms with E-state index in [4.69, 9.17) is 16.3 Å². The van der Waals surface area contributed by atoms with Crippen LogP contribution in [0.25, 0.3) is 22.3 Å². The summed E-state index contributed by atoms with van der Waals surface area (Å²) in [4.78, 5) is 14.2. The van der Waals surface area contributed by atoms with Crippen LogP contribution in [0.1, 0.15) is 65.1 Å². The highest BCUT2D eigenvalue weighted by molar-refractivity contribution is 6.30. The number of nitrogens with zero attached hydrogens (tertiary/aromatic N) is 2. The lowest BCUT2D eigenvalue weighted by molar-refractivity contribution is 0.0827. The first-order valence-electron chi connectivity index (χ1n) is 13.9. The molecular weight excluding hydrogens is 535 g/mol. The first-order chi connectivity index (χ1) is 19.8. The summed E-state index contributed by atoms with van der Waals surface area (Å²) in [5, 5.41) is 10.1. The zero-order valence-corrected chi connectivity index (χ0v) is 24.0. The third-order valence-corrected chi connectivity index (χ3v) is 8.02. The Balaban J connectivity index is 1.44. The largest absolute Gasteiger partial charge is 0.489 e. The summed E-state index contributed by atoms with van der Waals surface area (Å²) in [5.74, 6) is 0.232. The van der Waals surface area contributed by atoms with Crippen molar-refractivity contribution in [3.63, 3.8) is 0 Å². The molecule has 0 spiro atoms. The summed E-state index contributed by atoms with van der Waals surface area (Å²) in [6, 6.07) is 25.7. The van der Waals surface area contributed by atoms with Crippen LogP contribution < -0.4 is 4.74 Å². The fourth-order valence-corrected chi connectivity index (χ4v) is 5.74. The molecular formula is C35H32ClFN2O2. The molecule has 0 aromatic heterocycles. The molecule has 4 aromatic carbocycles. The van der Waals surface area contributed by atoms with Crippen LogP contribution in [0.5, 0.6) is 5.75 Å². The second-order valence-electron chi connectivity index (χ2n) is 10.8. The molecule has 1 saturated carbocycles. The van der Waals surface area contributed by atoms with Gasteiger partial charge in [-0.3, -0.25) is 4.79 Å². The van der Waals surface area contributed by atoms with Crippen molar-refractivity contribution in [3.8, 4) is 34.1 Å². The molecule has 0 atom stereocenters. The monoisotopic (exact) mass is 566 g/mol. The summed E-state index contributed by atoms with van der Waals surface area (Å²) >= 11 is 6.10. The van der Waals surface area contributed by atoms with E-state index in [0.717, 1.165) is 53.5 Å². The predicted molar refractivity (Wildman–Crippen MR) is 162 cm³/mol. The van der Waals surface area contributed by atoms with Gasteiger partial charge in [-0.25, -0.2) is 4.39 Å². The van der Waals surface area contributed by atoms with Crippen molar-refractivity contribution in [2.75, 3.05) is 14.1 Å². The maximum absolute atomic E-state index is 15.6. The van der Waals surface area contributed by atoms with Crippen molar-refractivity contribution in [2.24, 2.45) is 0 Å². The molecule has 208 valence electrons. The maximum atomic E-state index is 15.6. The van der Waals surface area contributed by atoms with Gasteiger partial charge in [-0.1, -0.05) is 55.1 Å². The van der Waals surface area contributed by atoms with E-state index in [1.807, 2.05) is 48.5 Å². The zero-order chi connectivity index (χ0) is 28.9. The second kappa shape index (κ2) is 12.6. The minimum Gasteiger partial charge on any atom is -0.489 e. The lowest BCUT2D eigenvalue weighted by Crippen LogP contribution is -2.21. The summed E-state index contributed by atoms with van der Waals surface area (Å²) in [6.07, 6.45) is 5.62. The van der Waals surface area contributed by atoms with Crippen molar-refractivity contribution >= 4 is 17.5 Å². The van der Waals surface area contributed by atoms with E-state index in [1.54, 1.807) is 38.4 Å². The van der Waals surface area contributed by atoms with Crippen molar-refractivity contribution in [1.29, 1.82) is 5.26 Å². The Kier molecular flexibility index (Phi) is 8.71. The number of rotatable bonds is 7.